The van der Waals surface area contributed by atoms with Crippen molar-refractivity contribution >= 4 is 33.3 Å². The van der Waals surface area contributed by atoms with E-state index in [1.54, 1.807) is 22.1 Å². The summed E-state index contributed by atoms with van der Waals surface area (Å²) in [5.74, 6) is 0.312. The van der Waals surface area contributed by atoms with Crippen LogP contribution in [0.4, 0.5) is 13.2 Å². The maximum Gasteiger partial charge on any atom is 0.416 e. The van der Waals surface area contributed by atoms with E-state index in [1.165, 1.54) is 29.2 Å². The first kappa shape index (κ1) is 17.0. The van der Waals surface area contributed by atoms with Gasteiger partial charge in [-0.2, -0.15) is 13.2 Å². The van der Waals surface area contributed by atoms with Crippen LogP contribution in [0.1, 0.15) is 18.1 Å². The van der Waals surface area contributed by atoms with Gasteiger partial charge in [-0.15, -0.1) is 11.3 Å². The van der Waals surface area contributed by atoms with E-state index in [9.17, 15) is 18.0 Å². The summed E-state index contributed by atoms with van der Waals surface area (Å²) in [6.07, 6.45) is -4.36. The van der Waals surface area contributed by atoms with Crippen molar-refractivity contribution in [1.82, 2.24) is 9.55 Å². The van der Waals surface area contributed by atoms with Gasteiger partial charge in [0.25, 0.3) is 5.56 Å². The van der Waals surface area contributed by atoms with Gasteiger partial charge in [-0.05, 0) is 30.0 Å². The lowest BCUT2D eigenvalue weighted by Gasteiger charge is -2.11. The molecule has 2 heterocycles. The third kappa shape index (κ3) is 3.34. The number of benzene rings is 1. The number of hydrogen-bond acceptors (Lipinski definition) is 4. The minimum absolute atomic E-state index is 0.107. The lowest BCUT2D eigenvalue weighted by atomic mass is 10.1. The summed E-state index contributed by atoms with van der Waals surface area (Å²) < 4.78 is 40.5. The average molecular weight is 370 g/mol. The Kier molecular flexibility index (Phi) is 4.69. The van der Waals surface area contributed by atoms with Crippen LogP contribution in [0, 0.1) is 0 Å². The van der Waals surface area contributed by atoms with Crippen LogP contribution < -0.4 is 5.56 Å². The summed E-state index contributed by atoms with van der Waals surface area (Å²) in [5, 5.41) is 2.33. The molecule has 0 N–H and O–H groups in total. The topological polar surface area (TPSA) is 34.9 Å². The van der Waals surface area contributed by atoms with E-state index < -0.39 is 11.7 Å². The molecule has 2 aromatic heterocycles. The van der Waals surface area contributed by atoms with Crippen LogP contribution in [0.25, 0.3) is 10.2 Å². The van der Waals surface area contributed by atoms with Crippen molar-refractivity contribution in [1.29, 1.82) is 0 Å². The third-order valence-corrected chi connectivity index (χ3v) is 5.41. The quantitative estimate of drug-likeness (QED) is 0.489. The van der Waals surface area contributed by atoms with Crippen LogP contribution in [0.2, 0.25) is 0 Å². The molecule has 3 aromatic rings. The summed E-state index contributed by atoms with van der Waals surface area (Å²) in [6.45, 7) is 2.31. The second kappa shape index (κ2) is 6.60. The summed E-state index contributed by atoms with van der Waals surface area (Å²) >= 11 is 2.61. The zero-order chi connectivity index (χ0) is 17.3. The minimum atomic E-state index is -4.36. The van der Waals surface area contributed by atoms with Crippen molar-refractivity contribution in [3.8, 4) is 0 Å². The molecular weight excluding hydrogens is 357 g/mol. The normalized spacial score (nSPS) is 12.0. The molecule has 3 nitrogen and oxygen atoms in total. The van der Waals surface area contributed by atoms with Gasteiger partial charge in [0.2, 0.25) is 0 Å². The molecule has 1 aromatic carbocycles. The van der Waals surface area contributed by atoms with Crippen molar-refractivity contribution in [3.05, 3.63) is 57.2 Å². The van der Waals surface area contributed by atoms with E-state index in [-0.39, 0.29) is 5.56 Å². The van der Waals surface area contributed by atoms with Crippen LogP contribution in [-0.4, -0.2) is 9.55 Å². The van der Waals surface area contributed by atoms with Gasteiger partial charge in [0.15, 0.2) is 5.16 Å². The zero-order valence-electron chi connectivity index (χ0n) is 12.6. The number of aromatic nitrogens is 2. The monoisotopic (exact) mass is 370 g/mol. The van der Waals surface area contributed by atoms with E-state index in [0.717, 1.165) is 12.1 Å². The van der Waals surface area contributed by atoms with Crippen molar-refractivity contribution in [2.45, 2.75) is 30.6 Å². The molecule has 0 saturated heterocycles. The van der Waals surface area contributed by atoms with E-state index in [1.807, 2.05) is 6.92 Å². The maximum atomic E-state index is 12.8. The number of thioether (sulfide) groups is 1. The molecule has 0 fully saturated rings. The summed E-state index contributed by atoms with van der Waals surface area (Å²) in [6, 6.07) is 6.98. The molecule has 0 aliphatic carbocycles. The number of rotatable bonds is 4. The van der Waals surface area contributed by atoms with Crippen molar-refractivity contribution in [2.75, 3.05) is 0 Å². The zero-order valence-corrected chi connectivity index (χ0v) is 14.3. The number of fused-ring (bicyclic) bond motifs is 1. The Morgan fingerprint density at radius 2 is 2.08 bits per heavy atom. The Morgan fingerprint density at radius 3 is 2.79 bits per heavy atom. The van der Waals surface area contributed by atoms with Crippen molar-refractivity contribution in [2.24, 2.45) is 0 Å². The first-order chi connectivity index (χ1) is 11.4. The Hall–Kier alpha value is -1.80. The van der Waals surface area contributed by atoms with Gasteiger partial charge in [-0.25, -0.2) is 4.98 Å². The highest BCUT2D eigenvalue weighted by Gasteiger charge is 2.30. The molecule has 24 heavy (non-hydrogen) atoms. The highest BCUT2D eigenvalue weighted by Crippen LogP contribution is 2.31. The molecule has 0 aliphatic rings. The molecule has 0 radical (unpaired) electrons. The first-order valence-electron chi connectivity index (χ1n) is 7.17. The molecule has 0 atom stereocenters. The smallest absolute Gasteiger partial charge is 0.287 e. The standard InChI is InChI=1S/C16H13F3N2OS2/c1-2-21-14(22)13-12(6-7-23-13)20-15(21)24-9-10-4-3-5-11(8-10)16(17,18)19/h3-8H,2,9H2,1H3. The molecule has 8 heteroatoms. The third-order valence-electron chi connectivity index (χ3n) is 3.47. The van der Waals surface area contributed by atoms with Crippen LogP contribution in [0.15, 0.2) is 45.7 Å². The molecule has 0 amide bonds. The van der Waals surface area contributed by atoms with Gasteiger partial charge in [-0.1, -0.05) is 30.0 Å². The predicted molar refractivity (Wildman–Crippen MR) is 90.6 cm³/mol. The highest BCUT2D eigenvalue weighted by atomic mass is 32.2. The Bertz CT molecular complexity index is 931. The van der Waals surface area contributed by atoms with Gasteiger partial charge in [0, 0.05) is 12.3 Å². The molecular formula is C16H13F3N2OS2. The fourth-order valence-corrected chi connectivity index (χ4v) is 4.08. The van der Waals surface area contributed by atoms with Crippen LogP contribution >= 0.6 is 23.1 Å². The summed E-state index contributed by atoms with van der Waals surface area (Å²) in [4.78, 5) is 16.9. The number of nitrogens with zero attached hydrogens (tertiary/aromatic N) is 2. The van der Waals surface area contributed by atoms with Gasteiger partial charge in [-0.3, -0.25) is 9.36 Å². The lowest BCUT2D eigenvalue weighted by molar-refractivity contribution is -0.137. The van der Waals surface area contributed by atoms with E-state index in [0.29, 0.717) is 33.2 Å². The average Bonchev–Trinajstić information content (AvgIpc) is 3.01. The largest absolute Gasteiger partial charge is 0.416 e. The predicted octanol–water partition coefficient (Wildman–Crippen LogP) is 4.79. The second-order valence-electron chi connectivity index (χ2n) is 5.07. The number of thiophene rings is 1. The van der Waals surface area contributed by atoms with Crippen LogP contribution in [0.5, 0.6) is 0 Å². The van der Waals surface area contributed by atoms with Crippen LogP contribution in [0.3, 0.4) is 0 Å². The van der Waals surface area contributed by atoms with Gasteiger partial charge in [0.05, 0.1) is 11.1 Å². The summed E-state index contributed by atoms with van der Waals surface area (Å²) in [7, 11) is 0. The summed E-state index contributed by atoms with van der Waals surface area (Å²) in [5.41, 5.74) is 0.386. The van der Waals surface area contributed by atoms with E-state index in [2.05, 4.69) is 4.98 Å². The fourth-order valence-electron chi connectivity index (χ4n) is 2.30. The fraction of sp³-hybridized carbons (Fsp3) is 0.250. The van der Waals surface area contributed by atoms with E-state index in [4.69, 9.17) is 0 Å². The Morgan fingerprint density at radius 1 is 1.29 bits per heavy atom. The maximum absolute atomic E-state index is 12.8. The van der Waals surface area contributed by atoms with Crippen molar-refractivity contribution < 1.29 is 13.2 Å². The SMILES string of the molecule is CCn1c(SCc2cccc(C(F)(F)F)c2)nc2ccsc2c1=O. The minimum Gasteiger partial charge on any atom is -0.287 e. The molecule has 0 bridgehead atoms. The molecule has 126 valence electrons. The molecule has 0 aliphatic heterocycles. The second-order valence-corrected chi connectivity index (χ2v) is 6.92. The molecule has 0 spiro atoms. The van der Waals surface area contributed by atoms with Gasteiger partial charge >= 0.3 is 6.18 Å². The number of hydrogen-bond donors (Lipinski definition) is 0. The Balaban J connectivity index is 1.90. The number of halogens is 3. The van der Waals surface area contributed by atoms with E-state index >= 15 is 0 Å². The molecule has 0 unspecified atom stereocenters. The van der Waals surface area contributed by atoms with Crippen LogP contribution in [-0.2, 0) is 18.5 Å². The lowest BCUT2D eigenvalue weighted by Crippen LogP contribution is -2.21. The molecule has 0 saturated carbocycles. The van der Waals surface area contributed by atoms with Crippen molar-refractivity contribution in [3.63, 3.8) is 0 Å². The van der Waals surface area contributed by atoms with Gasteiger partial charge in [0.1, 0.15) is 4.70 Å². The number of alkyl halides is 3. The first-order valence-corrected chi connectivity index (χ1v) is 9.03. The van der Waals surface area contributed by atoms with Gasteiger partial charge < -0.3 is 0 Å². The Labute approximate surface area is 144 Å². The molecule has 3 rings (SSSR count). The highest BCUT2D eigenvalue weighted by molar-refractivity contribution is 7.98.